The second-order valence-corrected chi connectivity index (χ2v) is 8.97. The number of amides is 2. The number of hydrogen-bond donors (Lipinski definition) is 2. The highest BCUT2D eigenvalue weighted by Gasteiger charge is 2.20. The third-order valence-electron chi connectivity index (χ3n) is 4.37. The third-order valence-corrected chi connectivity index (χ3v) is 5.36. The van der Waals surface area contributed by atoms with E-state index in [0.29, 0.717) is 26.2 Å². The molecule has 1 heterocycles. The molecule has 1 unspecified atom stereocenters. The van der Waals surface area contributed by atoms with Gasteiger partial charge >= 0.3 is 0 Å². The Morgan fingerprint density at radius 2 is 1.82 bits per heavy atom. The highest BCUT2D eigenvalue weighted by Crippen LogP contribution is 2.17. The fourth-order valence-electron chi connectivity index (χ4n) is 3.04. The van der Waals surface area contributed by atoms with Gasteiger partial charge in [-0.25, -0.2) is 0 Å². The van der Waals surface area contributed by atoms with Crippen molar-refractivity contribution in [2.75, 3.05) is 26.7 Å². The molecule has 0 aliphatic heterocycles. The van der Waals surface area contributed by atoms with Gasteiger partial charge in [-0.05, 0) is 44.9 Å². The minimum Gasteiger partial charge on any atom is -0.349 e. The molecule has 2 rings (SSSR count). The molecule has 28 heavy (non-hydrogen) atoms. The first-order chi connectivity index (χ1) is 13.3. The Hall–Kier alpha value is -2.18. The van der Waals surface area contributed by atoms with E-state index in [0.717, 1.165) is 11.3 Å². The summed E-state index contributed by atoms with van der Waals surface area (Å²) < 4.78 is 0. The molecular formula is C22H32N3O2S+. The number of benzene rings is 1. The Balaban J connectivity index is 1.97. The van der Waals surface area contributed by atoms with Gasteiger partial charge in [-0.2, -0.15) is 0 Å². The third kappa shape index (κ3) is 7.82. The zero-order valence-corrected chi connectivity index (χ0v) is 18.1. The molecule has 0 radical (unpaired) electrons. The van der Waals surface area contributed by atoms with Gasteiger partial charge in [0.05, 0.1) is 13.6 Å². The summed E-state index contributed by atoms with van der Waals surface area (Å²) in [5.74, 6) is 0.0573. The Kier molecular flexibility index (Phi) is 8.67. The van der Waals surface area contributed by atoms with Crippen molar-refractivity contribution in [2.45, 2.75) is 39.8 Å². The number of nitrogens with zero attached hydrogens (tertiary/aromatic N) is 1. The summed E-state index contributed by atoms with van der Waals surface area (Å²) in [4.78, 5) is 30.2. The first kappa shape index (κ1) is 22.1. The lowest BCUT2D eigenvalue weighted by atomic mass is 10.1. The fourth-order valence-corrected chi connectivity index (χ4v) is 3.94. The van der Waals surface area contributed by atoms with Crippen molar-refractivity contribution in [3.8, 4) is 0 Å². The van der Waals surface area contributed by atoms with Crippen LogP contribution in [0, 0.1) is 6.92 Å². The van der Waals surface area contributed by atoms with E-state index in [4.69, 9.17) is 0 Å². The van der Waals surface area contributed by atoms with Crippen LogP contribution in [0.25, 0.3) is 0 Å². The van der Waals surface area contributed by atoms with E-state index in [1.807, 2.05) is 44.0 Å². The quantitative estimate of drug-likeness (QED) is 0.635. The van der Waals surface area contributed by atoms with Crippen molar-refractivity contribution in [2.24, 2.45) is 0 Å². The molecule has 0 saturated carbocycles. The minimum absolute atomic E-state index is 0.0231. The number of carbonyl (C=O) groups excluding carboxylic acids is 2. The Bertz CT molecular complexity index is 758. The number of carbonyl (C=O) groups is 2. The van der Waals surface area contributed by atoms with Crippen LogP contribution < -0.4 is 10.2 Å². The Morgan fingerprint density at radius 3 is 2.43 bits per heavy atom. The largest absolute Gasteiger partial charge is 0.349 e. The van der Waals surface area contributed by atoms with Crippen LogP contribution in [0.2, 0.25) is 0 Å². The lowest BCUT2D eigenvalue weighted by molar-refractivity contribution is -0.863. The van der Waals surface area contributed by atoms with Crippen molar-refractivity contribution < 1.29 is 14.5 Å². The molecule has 2 amide bonds. The van der Waals surface area contributed by atoms with Crippen LogP contribution in [0.1, 0.15) is 29.2 Å². The maximum absolute atomic E-state index is 13.0. The average Bonchev–Trinajstić information content (AvgIpc) is 3.03. The van der Waals surface area contributed by atoms with Crippen molar-refractivity contribution in [3.05, 3.63) is 57.8 Å². The van der Waals surface area contributed by atoms with Crippen molar-refractivity contribution in [3.63, 3.8) is 0 Å². The highest BCUT2D eigenvalue weighted by molar-refractivity contribution is 7.11. The predicted octanol–water partition coefficient (Wildman–Crippen LogP) is 1.67. The van der Waals surface area contributed by atoms with Gasteiger partial charge in [0.1, 0.15) is 0 Å². The highest BCUT2D eigenvalue weighted by atomic mass is 32.1. The van der Waals surface area contributed by atoms with E-state index in [1.54, 1.807) is 11.3 Å². The smallest absolute Gasteiger partial charge is 0.278 e. The topological polar surface area (TPSA) is 53.9 Å². The number of aryl methyl sites for hydroxylation is 1. The molecule has 0 spiro atoms. The van der Waals surface area contributed by atoms with Crippen molar-refractivity contribution in [1.82, 2.24) is 10.2 Å². The van der Waals surface area contributed by atoms with E-state index in [-0.39, 0.29) is 17.9 Å². The van der Waals surface area contributed by atoms with Crippen LogP contribution in [0.3, 0.4) is 0 Å². The summed E-state index contributed by atoms with van der Waals surface area (Å²) in [5.41, 5.74) is 1.22. The number of thiophene rings is 1. The first-order valence-electron chi connectivity index (χ1n) is 9.81. The molecule has 1 aromatic carbocycles. The fraction of sp³-hybridized carbons (Fsp3) is 0.455. The zero-order valence-electron chi connectivity index (χ0n) is 17.3. The molecular weight excluding hydrogens is 370 g/mol. The predicted molar refractivity (Wildman–Crippen MR) is 115 cm³/mol. The van der Waals surface area contributed by atoms with Gasteiger partial charge in [0.2, 0.25) is 0 Å². The SMILES string of the molecule is Cc1ccc(CN(CCc2ccccc2)C(=O)C[NH+](C)CC(=O)NC(C)C)s1. The zero-order chi connectivity index (χ0) is 20.5. The molecule has 0 bridgehead atoms. The van der Waals surface area contributed by atoms with Gasteiger partial charge in [0.15, 0.2) is 13.1 Å². The number of likely N-dealkylation sites (N-methyl/N-ethyl adjacent to an activating group) is 1. The average molecular weight is 403 g/mol. The summed E-state index contributed by atoms with van der Waals surface area (Å²) in [6, 6.07) is 14.5. The van der Waals surface area contributed by atoms with Gasteiger partial charge < -0.3 is 15.1 Å². The van der Waals surface area contributed by atoms with Crippen LogP contribution >= 0.6 is 11.3 Å². The lowest BCUT2D eigenvalue weighted by Gasteiger charge is -2.24. The van der Waals surface area contributed by atoms with Gasteiger partial charge in [0.25, 0.3) is 11.8 Å². The maximum Gasteiger partial charge on any atom is 0.278 e. The number of hydrogen-bond acceptors (Lipinski definition) is 3. The number of quaternary nitrogens is 1. The summed E-state index contributed by atoms with van der Waals surface area (Å²) in [7, 11) is 1.89. The van der Waals surface area contributed by atoms with Gasteiger partial charge in [-0.15, -0.1) is 11.3 Å². The normalized spacial score (nSPS) is 12.0. The summed E-state index contributed by atoms with van der Waals surface area (Å²) in [6.45, 7) is 7.86. The van der Waals surface area contributed by atoms with Crippen LogP contribution in [0.15, 0.2) is 42.5 Å². The molecule has 0 aliphatic rings. The first-order valence-corrected chi connectivity index (χ1v) is 10.6. The summed E-state index contributed by atoms with van der Waals surface area (Å²) >= 11 is 1.73. The second kappa shape index (κ2) is 11.0. The Labute approximate surface area is 172 Å². The van der Waals surface area contributed by atoms with E-state index in [1.165, 1.54) is 15.3 Å². The second-order valence-electron chi connectivity index (χ2n) is 7.60. The molecule has 1 atom stereocenters. The molecule has 2 N–H and O–H groups in total. The van der Waals surface area contributed by atoms with Crippen LogP contribution in [-0.2, 0) is 22.6 Å². The molecule has 0 aliphatic carbocycles. The number of rotatable bonds is 10. The van der Waals surface area contributed by atoms with E-state index >= 15 is 0 Å². The molecule has 5 nitrogen and oxygen atoms in total. The molecule has 6 heteroatoms. The molecule has 1 aromatic heterocycles. The molecule has 152 valence electrons. The maximum atomic E-state index is 13.0. The Morgan fingerprint density at radius 1 is 1.11 bits per heavy atom. The van der Waals surface area contributed by atoms with Gasteiger partial charge in [-0.1, -0.05) is 30.3 Å². The van der Waals surface area contributed by atoms with E-state index in [9.17, 15) is 9.59 Å². The molecule has 2 aromatic rings. The van der Waals surface area contributed by atoms with Crippen LogP contribution in [0.5, 0.6) is 0 Å². The van der Waals surface area contributed by atoms with Crippen molar-refractivity contribution in [1.29, 1.82) is 0 Å². The standard InChI is InChI=1S/C22H31N3O2S/c1-17(2)23-21(26)15-24(4)16-22(27)25(14-20-11-10-18(3)28-20)13-12-19-8-6-5-7-9-19/h5-11,17H,12-16H2,1-4H3,(H,23,26)/p+1. The lowest BCUT2D eigenvalue weighted by Crippen LogP contribution is -3.11. The molecule has 0 saturated heterocycles. The minimum atomic E-state index is -0.0231. The summed E-state index contributed by atoms with van der Waals surface area (Å²) in [6.07, 6.45) is 0.823. The summed E-state index contributed by atoms with van der Waals surface area (Å²) in [5, 5.41) is 2.88. The van der Waals surface area contributed by atoms with E-state index in [2.05, 4.69) is 36.5 Å². The number of nitrogens with one attached hydrogen (secondary N) is 2. The van der Waals surface area contributed by atoms with Gasteiger partial charge in [-0.3, -0.25) is 9.59 Å². The molecule has 0 fully saturated rings. The van der Waals surface area contributed by atoms with Crippen LogP contribution in [-0.4, -0.2) is 49.4 Å². The van der Waals surface area contributed by atoms with Gasteiger partial charge in [0, 0.05) is 22.3 Å². The van der Waals surface area contributed by atoms with Crippen molar-refractivity contribution >= 4 is 23.2 Å². The van der Waals surface area contributed by atoms with Crippen LogP contribution in [0.4, 0.5) is 0 Å². The van der Waals surface area contributed by atoms with E-state index < -0.39 is 0 Å². The monoisotopic (exact) mass is 402 g/mol.